The Balaban J connectivity index is 1.37. The van der Waals surface area contributed by atoms with Crippen LogP contribution in [0, 0.1) is 11.7 Å². The van der Waals surface area contributed by atoms with Crippen molar-refractivity contribution in [2.75, 3.05) is 18.4 Å². The zero-order chi connectivity index (χ0) is 23.5. The number of piperidine rings is 1. The van der Waals surface area contributed by atoms with Crippen LogP contribution in [0.15, 0.2) is 78.9 Å². The van der Waals surface area contributed by atoms with Gasteiger partial charge in [0.2, 0.25) is 0 Å². The van der Waals surface area contributed by atoms with Crippen molar-refractivity contribution in [3.05, 3.63) is 102 Å². The molecule has 34 heavy (non-hydrogen) atoms. The van der Waals surface area contributed by atoms with Crippen molar-refractivity contribution >= 4 is 28.4 Å². The Labute approximate surface area is 197 Å². The third kappa shape index (κ3) is 4.57. The molecule has 172 valence electrons. The molecule has 1 fully saturated rings. The van der Waals surface area contributed by atoms with Gasteiger partial charge in [0.05, 0.1) is 5.69 Å². The quantitative estimate of drug-likeness (QED) is 0.408. The molecule has 1 aliphatic heterocycles. The minimum atomic E-state index is -0.428. The summed E-state index contributed by atoms with van der Waals surface area (Å²) in [6.45, 7) is 1.29. The van der Waals surface area contributed by atoms with E-state index in [1.807, 2.05) is 17.0 Å². The molecule has 5 rings (SSSR count). The molecule has 1 saturated heterocycles. The number of fused-ring (bicyclic) bond motifs is 1. The molecule has 3 aromatic carbocycles. The Morgan fingerprint density at radius 1 is 0.941 bits per heavy atom. The summed E-state index contributed by atoms with van der Waals surface area (Å²) in [5, 5.41) is 3.33. The highest BCUT2D eigenvalue weighted by Crippen LogP contribution is 2.31. The summed E-state index contributed by atoms with van der Waals surface area (Å²) in [4.78, 5) is 31.3. The molecule has 0 saturated carbocycles. The van der Waals surface area contributed by atoms with Crippen LogP contribution in [0.5, 0.6) is 0 Å². The second-order valence-corrected chi connectivity index (χ2v) is 8.81. The highest BCUT2D eigenvalue weighted by Gasteiger charge is 2.28. The fourth-order valence-corrected chi connectivity index (χ4v) is 4.68. The monoisotopic (exact) mass is 455 g/mol. The van der Waals surface area contributed by atoms with Crippen molar-refractivity contribution < 1.29 is 14.0 Å². The number of likely N-dealkylation sites (tertiary alicyclic amines) is 1. The first-order valence-electron chi connectivity index (χ1n) is 11.6. The smallest absolute Gasteiger partial charge is 0.272 e. The number of anilines is 1. The van der Waals surface area contributed by atoms with E-state index >= 15 is 0 Å². The van der Waals surface area contributed by atoms with Crippen LogP contribution in [0.2, 0.25) is 0 Å². The SMILES string of the molecule is O=C(Nc1c(C(=O)N2CCC(Cc3ccccc3)CC2)[nH]c2ccc(F)cc12)c1ccccc1. The maximum atomic E-state index is 14.0. The van der Waals surface area contributed by atoms with Gasteiger partial charge in [0, 0.05) is 29.6 Å². The van der Waals surface area contributed by atoms with Crippen LogP contribution < -0.4 is 5.32 Å². The number of aromatic amines is 1. The largest absolute Gasteiger partial charge is 0.349 e. The van der Waals surface area contributed by atoms with Gasteiger partial charge in [-0.3, -0.25) is 9.59 Å². The molecule has 0 spiro atoms. The third-order valence-corrected chi connectivity index (χ3v) is 6.52. The van der Waals surface area contributed by atoms with E-state index in [0.29, 0.717) is 41.2 Å². The van der Waals surface area contributed by atoms with Crippen LogP contribution in [-0.2, 0) is 6.42 Å². The number of hydrogen-bond donors (Lipinski definition) is 2. The van der Waals surface area contributed by atoms with Gasteiger partial charge >= 0.3 is 0 Å². The normalized spacial score (nSPS) is 14.3. The zero-order valence-electron chi connectivity index (χ0n) is 18.8. The first-order chi connectivity index (χ1) is 16.6. The van der Waals surface area contributed by atoms with Gasteiger partial charge in [-0.1, -0.05) is 48.5 Å². The third-order valence-electron chi connectivity index (χ3n) is 6.52. The molecule has 0 unspecified atom stereocenters. The lowest BCUT2D eigenvalue weighted by molar-refractivity contribution is 0.0686. The summed E-state index contributed by atoms with van der Waals surface area (Å²) in [6, 6.07) is 23.4. The molecule has 0 radical (unpaired) electrons. The van der Waals surface area contributed by atoms with Crippen molar-refractivity contribution in [1.82, 2.24) is 9.88 Å². The maximum Gasteiger partial charge on any atom is 0.272 e. The number of carbonyl (C=O) groups is 2. The van der Waals surface area contributed by atoms with Crippen molar-refractivity contribution in [3.8, 4) is 0 Å². The highest BCUT2D eigenvalue weighted by atomic mass is 19.1. The van der Waals surface area contributed by atoms with Crippen molar-refractivity contribution in [2.24, 2.45) is 5.92 Å². The summed E-state index contributed by atoms with van der Waals surface area (Å²) < 4.78 is 14.0. The number of rotatable bonds is 5. The van der Waals surface area contributed by atoms with Crippen LogP contribution in [0.1, 0.15) is 39.3 Å². The Kier molecular flexibility index (Phi) is 6.12. The second kappa shape index (κ2) is 9.51. The lowest BCUT2D eigenvalue weighted by Crippen LogP contribution is -2.39. The van der Waals surface area contributed by atoms with E-state index in [9.17, 15) is 14.0 Å². The first-order valence-corrected chi connectivity index (χ1v) is 11.6. The minimum absolute atomic E-state index is 0.182. The lowest BCUT2D eigenvalue weighted by atomic mass is 9.90. The Hall–Kier alpha value is -3.93. The summed E-state index contributed by atoms with van der Waals surface area (Å²) in [6.07, 6.45) is 2.84. The van der Waals surface area contributed by atoms with Crippen LogP contribution in [0.4, 0.5) is 10.1 Å². The lowest BCUT2D eigenvalue weighted by Gasteiger charge is -2.32. The summed E-state index contributed by atoms with van der Waals surface area (Å²) >= 11 is 0. The maximum absolute atomic E-state index is 14.0. The number of benzene rings is 3. The number of H-pyrrole nitrogens is 1. The fraction of sp³-hybridized carbons (Fsp3) is 0.214. The van der Waals surface area contributed by atoms with Gasteiger partial charge in [-0.05, 0) is 61.1 Å². The van der Waals surface area contributed by atoms with Crippen molar-refractivity contribution in [1.29, 1.82) is 0 Å². The average molecular weight is 456 g/mol. The van der Waals surface area contributed by atoms with E-state index in [2.05, 4.69) is 34.6 Å². The van der Waals surface area contributed by atoms with Crippen LogP contribution in [0.25, 0.3) is 10.9 Å². The topological polar surface area (TPSA) is 65.2 Å². The summed E-state index contributed by atoms with van der Waals surface area (Å²) in [5.74, 6) is -0.428. The molecule has 2 heterocycles. The molecule has 2 N–H and O–H groups in total. The molecule has 6 heteroatoms. The van der Waals surface area contributed by atoms with Gasteiger partial charge in [-0.25, -0.2) is 4.39 Å². The fourth-order valence-electron chi connectivity index (χ4n) is 4.68. The zero-order valence-corrected chi connectivity index (χ0v) is 18.8. The van der Waals surface area contributed by atoms with Gasteiger partial charge in [-0.15, -0.1) is 0 Å². The molecule has 0 bridgehead atoms. The van der Waals surface area contributed by atoms with E-state index in [0.717, 1.165) is 19.3 Å². The molecular weight excluding hydrogens is 429 g/mol. The molecule has 1 aliphatic rings. The van der Waals surface area contributed by atoms with Crippen molar-refractivity contribution in [2.45, 2.75) is 19.3 Å². The van der Waals surface area contributed by atoms with Crippen LogP contribution >= 0.6 is 0 Å². The highest BCUT2D eigenvalue weighted by molar-refractivity contribution is 6.15. The van der Waals surface area contributed by atoms with E-state index < -0.39 is 5.82 Å². The number of halogens is 1. The van der Waals surface area contributed by atoms with Gasteiger partial charge in [-0.2, -0.15) is 0 Å². The Morgan fingerprint density at radius 2 is 1.62 bits per heavy atom. The summed E-state index contributed by atoms with van der Waals surface area (Å²) in [7, 11) is 0. The molecule has 5 nitrogen and oxygen atoms in total. The molecule has 0 aliphatic carbocycles. The van der Waals surface area contributed by atoms with E-state index in [1.54, 1.807) is 30.3 Å². The number of aromatic nitrogens is 1. The van der Waals surface area contributed by atoms with Gasteiger partial charge in [0.15, 0.2) is 0 Å². The predicted molar refractivity (Wildman–Crippen MR) is 131 cm³/mol. The molecular formula is C28H26FN3O2. The van der Waals surface area contributed by atoms with Crippen molar-refractivity contribution in [3.63, 3.8) is 0 Å². The number of nitrogens with zero attached hydrogens (tertiary/aromatic N) is 1. The molecule has 2 amide bonds. The molecule has 0 atom stereocenters. The number of carbonyl (C=O) groups excluding carboxylic acids is 2. The number of amides is 2. The Bertz CT molecular complexity index is 1310. The molecule has 4 aromatic rings. The number of hydrogen-bond acceptors (Lipinski definition) is 2. The van der Waals surface area contributed by atoms with Crippen LogP contribution in [0.3, 0.4) is 0 Å². The van der Waals surface area contributed by atoms with Crippen LogP contribution in [-0.4, -0.2) is 34.8 Å². The number of nitrogens with one attached hydrogen (secondary N) is 2. The van der Waals surface area contributed by atoms with E-state index in [1.165, 1.54) is 17.7 Å². The molecule has 1 aromatic heterocycles. The average Bonchev–Trinajstić information content (AvgIpc) is 3.22. The summed E-state index contributed by atoms with van der Waals surface area (Å²) in [5.41, 5.74) is 2.99. The van der Waals surface area contributed by atoms with Gasteiger partial charge < -0.3 is 15.2 Å². The minimum Gasteiger partial charge on any atom is -0.349 e. The first kappa shape index (κ1) is 21.9. The van der Waals surface area contributed by atoms with E-state index in [4.69, 9.17) is 0 Å². The standard InChI is InChI=1S/C28H26FN3O2/c29-22-11-12-24-23(18-22)25(31-27(33)21-9-5-2-6-10-21)26(30-24)28(34)32-15-13-20(14-16-32)17-19-7-3-1-4-8-19/h1-12,18,20,30H,13-17H2,(H,31,33). The Morgan fingerprint density at radius 3 is 2.32 bits per heavy atom. The van der Waals surface area contributed by atoms with E-state index in [-0.39, 0.29) is 17.5 Å². The van der Waals surface area contributed by atoms with Gasteiger partial charge in [0.25, 0.3) is 11.8 Å². The predicted octanol–water partition coefficient (Wildman–Crippen LogP) is 5.65. The second-order valence-electron chi connectivity index (χ2n) is 8.81. The van der Waals surface area contributed by atoms with Gasteiger partial charge in [0.1, 0.15) is 11.5 Å².